The topological polar surface area (TPSA) is 75.5 Å². The molecule has 2 saturated heterocycles. The molecule has 3 heterocycles. The summed E-state index contributed by atoms with van der Waals surface area (Å²) in [5.41, 5.74) is 0.507. The number of fused-ring (bicyclic) bond motifs is 1. The second kappa shape index (κ2) is 9.94. The Kier molecular flexibility index (Phi) is 7.05. The fraction of sp³-hybridized carbons (Fsp3) is 0.565. The number of aromatic nitrogens is 2. The maximum atomic E-state index is 12.8. The normalized spacial score (nSPS) is 18.2. The van der Waals surface area contributed by atoms with Crippen molar-refractivity contribution in [2.75, 3.05) is 26.2 Å². The van der Waals surface area contributed by atoms with Gasteiger partial charge in [0.15, 0.2) is 0 Å². The molecule has 2 aliphatic rings. The molecule has 4 rings (SSSR count). The van der Waals surface area contributed by atoms with Gasteiger partial charge in [-0.15, -0.1) is 0 Å². The third-order valence-corrected chi connectivity index (χ3v) is 6.96. The van der Waals surface area contributed by atoms with E-state index in [0.29, 0.717) is 30.5 Å². The Morgan fingerprint density at radius 2 is 1.71 bits per heavy atom. The lowest BCUT2D eigenvalue weighted by atomic mass is 9.95. The maximum absolute atomic E-state index is 12.8. The molecular weight excluding hydrogens is 460 g/mol. The highest BCUT2D eigenvalue weighted by atomic mass is 79.9. The minimum atomic E-state index is -0.138. The Balaban J connectivity index is 1.30. The van der Waals surface area contributed by atoms with E-state index in [1.807, 2.05) is 15.9 Å². The van der Waals surface area contributed by atoms with Crippen molar-refractivity contribution >= 4 is 38.6 Å². The molecule has 1 aromatic carbocycles. The molecule has 0 saturated carbocycles. The van der Waals surface area contributed by atoms with Gasteiger partial charge in [-0.05, 0) is 43.9 Å². The molecule has 0 bridgehead atoms. The summed E-state index contributed by atoms with van der Waals surface area (Å²) < 4.78 is 2.33. The first kappa shape index (κ1) is 22.0. The summed E-state index contributed by atoms with van der Waals surface area (Å²) >= 11 is 3.39. The zero-order valence-corrected chi connectivity index (χ0v) is 19.3. The van der Waals surface area contributed by atoms with Crippen LogP contribution in [0.1, 0.15) is 44.9 Å². The fourth-order valence-corrected chi connectivity index (χ4v) is 4.95. The average Bonchev–Trinajstić information content (AvgIpc) is 3.08. The number of amides is 2. The van der Waals surface area contributed by atoms with Gasteiger partial charge in [0.2, 0.25) is 11.8 Å². The van der Waals surface area contributed by atoms with E-state index in [2.05, 4.69) is 20.9 Å². The van der Waals surface area contributed by atoms with E-state index in [0.717, 1.165) is 43.2 Å². The van der Waals surface area contributed by atoms with E-state index in [9.17, 15) is 14.4 Å². The molecule has 0 N–H and O–H groups in total. The van der Waals surface area contributed by atoms with Crippen LogP contribution in [0.5, 0.6) is 0 Å². The molecule has 2 amide bonds. The highest BCUT2D eigenvalue weighted by molar-refractivity contribution is 9.10. The average molecular weight is 489 g/mol. The first-order valence-electron chi connectivity index (χ1n) is 11.2. The van der Waals surface area contributed by atoms with Crippen LogP contribution in [0, 0.1) is 5.92 Å². The minimum absolute atomic E-state index is 0.0295. The molecule has 2 aromatic rings. The Morgan fingerprint density at radius 1 is 1.00 bits per heavy atom. The lowest BCUT2D eigenvalue weighted by Crippen LogP contribution is -2.45. The van der Waals surface area contributed by atoms with Crippen LogP contribution in [0.2, 0.25) is 0 Å². The van der Waals surface area contributed by atoms with Crippen molar-refractivity contribution in [2.45, 2.75) is 51.5 Å². The second-order valence-corrected chi connectivity index (χ2v) is 9.46. The highest BCUT2D eigenvalue weighted by Gasteiger charge is 2.30. The van der Waals surface area contributed by atoms with Crippen LogP contribution >= 0.6 is 15.9 Å². The van der Waals surface area contributed by atoms with Crippen LogP contribution in [-0.4, -0.2) is 57.3 Å². The molecule has 2 aliphatic heterocycles. The number of hydrogen-bond donors (Lipinski definition) is 0. The summed E-state index contributed by atoms with van der Waals surface area (Å²) in [6.07, 6.45) is 7.85. The van der Waals surface area contributed by atoms with Crippen LogP contribution in [0.3, 0.4) is 0 Å². The predicted molar refractivity (Wildman–Crippen MR) is 123 cm³/mol. The third-order valence-electron chi connectivity index (χ3n) is 6.47. The predicted octanol–water partition coefficient (Wildman–Crippen LogP) is 3.19. The molecule has 0 unspecified atom stereocenters. The molecule has 31 heavy (non-hydrogen) atoms. The molecule has 0 atom stereocenters. The van der Waals surface area contributed by atoms with E-state index >= 15 is 0 Å². The fourth-order valence-electron chi connectivity index (χ4n) is 4.59. The van der Waals surface area contributed by atoms with Gasteiger partial charge in [-0.3, -0.25) is 19.0 Å². The molecular formula is C23H29BrN4O3. The van der Waals surface area contributed by atoms with Crippen LogP contribution < -0.4 is 5.56 Å². The number of carbonyl (C=O) groups excluding carboxylic acids is 2. The van der Waals surface area contributed by atoms with Gasteiger partial charge in [0, 0.05) is 49.5 Å². The SMILES string of the molecule is O=C(CCn1cnc2ccc(Br)cc2c1=O)N1CCC(C(=O)N2CCCCCC2)CC1. The summed E-state index contributed by atoms with van der Waals surface area (Å²) in [6.45, 7) is 3.29. The summed E-state index contributed by atoms with van der Waals surface area (Å²) in [5.74, 6) is 0.337. The summed E-state index contributed by atoms with van der Waals surface area (Å²) in [5, 5.41) is 0.539. The van der Waals surface area contributed by atoms with Gasteiger partial charge in [0.05, 0.1) is 17.2 Å². The van der Waals surface area contributed by atoms with E-state index in [1.54, 1.807) is 12.1 Å². The lowest BCUT2D eigenvalue weighted by molar-refractivity contribution is -0.140. The van der Waals surface area contributed by atoms with Gasteiger partial charge in [-0.25, -0.2) is 4.98 Å². The molecule has 1 aromatic heterocycles. The molecule has 0 aliphatic carbocycles. The van der Waals surface area contributed by atoms with Gasteiger partial charge >= 0.3 is 0 Å². The van der Waals surface area contributed by atoms with Gasteiger partial charge in [-0.2, -0.15) is 0 Å². The Hall–Kier alpha value is -2.22. The summed E-state index contributed by atoms with van der Waals surface area (Å²) in [6, 6.07) is 5.41. The van der Waals surface area contributed by atoms with Crippen molar-refractivity contribution in [1.29, 1.82) is 0 Å². The molecule has 8 heteroatoms. The van der Waals surface area contributed by atoms with Crippen LogP contribution in [0.15, 0.2) is 33.8 Å². The molecule has 0 radical (unpaired) electrons. The van der Waals surface area contributed by atoms with E-state index < -0.39 is 0 Å². The molecule has 2 fully saturated rings. The van der Waals surface area contributed by atoms with Gasteiger partial charge in [0.1, 0.15) is 0 Å². The van der Waals surface area contributed by atoms with Gasteiger partial charge in [0.25, 0.3) is 5.56 Å². The first-order valence-corrected chi connectivity index (χ1v) is 12.0. The summed E-state index contributed by atoms with van der Waals surface area (Å²) in [7, 11) is 0. The zero-order chi connectivity index (χ0) is 21.8. The number of piperidine rings is 1. The smallest absolute Gasteiger partial charge is 0.261 e. The first-order chi connectivity index (χ1) is 15.0. The second-order valence-electron chi connectivity index (χ2n) is 8.55. The third kappa shape index (κ3) is 5.17. The number of aryl methyl sites for hydroxylation is 1. The van der Waals surface area contributed by atoms with Crippen molar-refractivity contribution in [3.05, 3.63) is 39.4 Å². The number of hydrogen-bond acceptors (Lipinski definition) is 4. The zero-order valence-electron chi connectivity index (χ0n) is 17.8. The number of benzene rings is 1. The Morgan fingerprint density at radius 3 is 2.42 bits per heavy atom. The highest BCUT2D eigenvalue weighted by Crippen LogP contribution is 2.22. The summed E-state index contributed by atoms with van der Waals surface area (Å²) in [4.78, 5) is 46.4. The van der Waals surface area contributed by atoms with E-state index in [1.165, 1.54) is 23.7 Å². The molecule has 0 spiro atoms. The van der Waals surface area contributed by atoms with Gasteiger partial charge in [-0.1, -0.05) is 28.8 Å². The lowest BCUT2D eigenvalue weighted by Gasteiger charge is -2.34. The van der Waals surface area contributed by atoms with Crippen molar-refractivity contribution in [3.63, 3.8) is 0 Å². The van der Waals surface area contributed by atoms with Crippen LogP contribution in [-0.2, 0) is 16.1 Å². The number of carbonyl (C=O) groups is 2. The quantitative estimate of drug-likeness (QED) is 0.661. The molecule has 166 valence electrons. The Bertz CT molecular complexity index is 1010. The van der Waals surface area contributed by atoms with E-state index in [-0.39, 0.29) is 29.7 Å². The monoisotopic (exact) mass is 488 g/mol. The van der Waals surface area contributed by atoms with Crippen molar-refractivity contribution in [3.8, 4) is 0 Å². The van der Waals surface area contributed by atoms with Crippen molar-refractivity contribution in [2.24, 2.45) is 5.92 Å². The van der Waals surface area contributed by atoms with Crippen LogP contribution in [0.4, 0.5) is 0 Å². The Labute approximate surface area is 190 Å². The van der Waals surface area contributed by atoms with Gasteiger partial charge < -0.3 is 9.80 Å². The largest absolute Gasteiger partial charge is 0.343 e. The minimum Gasteiger partial charge on any atom is -0.343 e. The number of halogens is 1. The standard InChI is InChI=1S/C23H29BrN4O3/c24-18-5-6-20-19(15-18)23(31)28(16-25-20)14-9-21(29)26-12-7-17(8-13-26)22(30)27-10-3-1-2-4-11-27/h5-6,15-17H,1-4,7-14H2. The van der Waals surface area contributed by atoms with Crippen molar-refractivity contribution in [1.82, 2.24) is 19.4 Å². The maximum Gasteiger partial charge on any atom is 0.261 e. The van der Waals surface area contributed by atoms with Crippen LogP contribution in [0.25, 0.3) is 10.9 Å². The van der Waals surface area contributed by atoms with E-state index in [4.69, 9.17) is 0 Å². The number of nitrogens with zero attached hydrogens (tertiary/aromatic N) is 4. The van der Waals surface area contributed by atoms with Crippen molar-refractivity contribution < 1.29 is 9.59 Å². The molecule has 7 nitrogen and oxygen atoms in total. The number of likely N-dealkylation sites (tertiary alicyclic amines) is 2. The number of rotatable bonds is 4.